The number of anilines is 1. The molecule has 0 aliphatic rings. The van der Waals surface area contributed by atoms with Gasteiger partial charge in [-0.1, -0.05) is 12.1 Å². The van der Waals surface area contributed by atoms with Crippen molar-refractivity contribution in [1.82, 2.24) is 30.0 Å². The van der Waals surface area contributed by atoms with E-state index < -0.39 is 0 Å². The summed E-state index contributed by atoms with van der Waals surface area (Å²) in [4.78, 5) is 12.8. The van der Waals surface area contributed by atoms with Gasteiger partial charge in [0.05, 0.1) is 23.1 Å². The molecule has 0 saturated heterocycles. The van der Waals surface area contributed by atoms with Crippen LogP contribution in [0.15, 0.2) is 24.3 Å². The molecule has 1 aromatic carbocycles. The molecule has 3 aromatic rings. The summed E-state index contributed by atoms with van der Waals surface area (Å²) in [5, 5.41) is 19.3. The molecule has 0 fully saturated rings. The summed E-state index contributed by atoms with van der Waals surface area (Å²) in [7, 11) is 0. The molecule has 0 atom stereocenters. The van der Waals surface area contributed by atoms with Crippen molar-refractivity contribution in [3.63, 3.8) is 0 Å². The Morgan fingerprint density at radius 1 is 1.27 bits per heavy atom. The minimum Gasteiger partial charge on any atom is -0.319 e. The Kier molecular flexibility index (Phi) is 4.83. The fourth-order valence-corrected chi connectivity index (χ4v) is 2.90. The van der Waals surface area contributed by atoms with E-state index in [1.54, 1.807) is 16.8 Å². The third kappa shape index (κ3) is 3.22. The predicted molar refractivity (Wildman–Crippen MR) is 99.0 cm³/mol. The minimum absolute atomic E-state index is 0.127. The maximum Gasteiger partial charge on any atom is 0.255 e. The molecule has 0 bridgehead atoms. The van der Waals surface area contributed by atoms with Gasteiger partial charge in [0.1, 0.15) is 0 Å². The highest BCUT2D eigenvalue weighted by Gasteiger charge is 2.17. The number of aryl methyl sites for hydroxylation is 2. The smallest absolute Gasteiger partial charge is 0.255 e. The van der Waals surface area contributed by atoms with Gasteiger partial charge in [-0.3, -0.25) is 9.48 Å². The van der Waals surface area contributed by atoms with Crippen LogP contribution in [0.1, 0.15) is 48.6 Å². The van der Waals surface area contributed by atoms with Gasteiger partial charge in [0.15, 0.2) is 5.82 Å². The van der Waals surface area contributed by atoms with E-state index in [4.69, 9.17) is 0 Å². The van der Waals surface area contributed by atoms with Crippen molar-refractivity contribution in [2.24, 2.45) is 0 Å². The molecule has 136 valence electrons. The normalized spacial score (nSPS) is 11.2. The summed E-state index contributed by atoms with van der Waals surface area (Å²) in [5.74, 6) is 0.457. The van der Waals surface area contributed by atoms with Gasteiger partial charge in [-0.25, -0.2) is 4.68 Å². The molecule has 0 radical (unpaired) electrons. The molecule has 1 amide bonds. The summed E-state index contributed by atoms with van der Waals surface area (Å²) in [5.41, 5.74) is 3.85. The zero-order chi connectivity index (χ0) is 18.8. The Hall–Kier alpha value is -3.03. The van der Waals surface area contributed by atoms with Crippen molar-refractivity contribution in [2.45, 2.75) is 47.2 Å². The highest BCUT2D eigenvalue weighted by atomic mass is 16.1. The number of hydrogen-bond donors (Lipinski definition) is 1. The third-order valence-electron chi connectivity index (χ3n) is 4.28. The maximum absolute atomic E-state index is 12.8. The second-order valence-electron chi connectivity index (χ2n) is 6.44. The predicted octanol–water partition coefficient (Wildman–Crippen LogP) is 3.01. The lowest BCUT2D eigenvalue weighted by Gasteiger charge is -2.10. The number of carbonyl (C=O) groups excluding carboxylic acids is 1. The first-order valence-electron chi connectivity index (χ1n) is 8.66. The lowest BCUT2D eigenvalue weighted by Crippen LogP contribution is -2.13. The van der Waals surface area contributed by atoms with Gasteiger partial charge in [0.2, 0.25) is 0 Å². The maximum atomic E-state index is 12.8. The van der Waals surface area contributed by atoms with Gasteiger partial charge in [-0.2, -0.15) is 5.10 Å². The van der Waals surface area contributed by atoms with E-state index in [0.717, 1.165) is 29.2 Å². The summed E-state index contributed by atoms with van der Waals surface area (Å²) in [6.45, 7) is 10.6. The van der Waals surface area contributed by atoms with Crippen LogP contribution in [0.5, 0.6) is 0 Å². The highest BCUT2D eigenvalue weighted by Crippen LogP contribution is 2.23. The number of amides is 1. The van der Waals surface area contributed by atoms with Crippen molar-refractivity contribution >= 4 is 11.6 Å². The molecule has 8 nitrogen and oxygen atoms in total. The lowest BCUT2D eigenvalue weighted by atomic mass is 10.1. The van der Waals surface area contributed by atoms with E-state index in [9.17, 15) is 4.79 Å². The number of nitrogens with zero attached hydrogens (tertiary/aromatic N) is 6. The molecule has 3 rings (SSSR count). The third-order valence-corrected chi connectivity index (χ3v) is 4.28. The van der Waals surface area contributed by atoms with Crippen molar-refractivity contribution in [1.29, 1.82) is 0 Å². The second-order valence-corrected chi connectivity index (χ2v) is 6.44. The average molecular weight is 353 g/mol. The Morgan fingerprint density at radius 3 is 2.69 bits per heavy atom. The molecule has 0 spiro atoms. The van der Waals surface area contributed by atoms with Crippen molar-refractivity contribution < 1.29 is 4.79 Å². The first kappa shape index (κ1) is 17.8. The monoisotopic (exact) mass is 353 g/mol. The Labute approximate surface area is 152 Å². The van der Waals surface area contributed by atoms with Crippen LogP contribution in [0, 0.1) is 13.8 Å². The van der Waals surface area contributed by atoms with Crippen molar-refractivity contribution in [2.75, 3.05) is 5.32 Å². The molecule has 2 heterocycles. The number of rotatable bonds is 5. The van der Waals surface area contributed by atoms with Crippen LogP contribution in [-0.4, -0.2) is 35.9 Å². The summed E-state index contributed by atoms with van der Waals surface area (Å²) in [6.07, 6.45) is 0. The second kappa shape index (κ2) is 7.07. The van der Waals surface area contributed by atoms with E-state index in [1.165, 1.54) is 0 Å². The summed E-state index contributed by atoms with van der Waals surface area (Å²) >= 11 is 0. The molecule has 2 aromatic heterocycles. The van der Waals surface area contributed by atoms with Crippen LogP contribution in [0.3, 0.4) is 0 Å². The van der Waals surface area contributed by atoms with Crippen molar-refractivity contribution in [3.05, 3.63) is 41.2 Å². The van der Waals surface area contributed by atoms with E-state index >= 15 is 0 Å². The number of nitrogens with one attached hydrogen (secondary N) is 1. The lowest BCUT2D eigenvalue weighted by molar-refractivity contribution is 0.102. The molecule has 8 heteroatoms. The van der Waals surface area contributed by atoms with Gasteiger partial charge >= 0.3 is 0 Å². The number of aromatic nitrogens is 6. The van der Waals surface area contributed by atoms with Crippen LogP contribution < -0.4 is 5.32 Å². The van der Waals surface area contributed by atoms with E-state index in [1.807, 2.05) is 51.4 Å². The molecule has 1 N–H and O–H groups in total. The van der Waals surface area contributed by atoms with Crippen LogP contribution in [0.4, 0.5) is 5.69 Å². The van der Waals surface area contributed by atoms with Gasteiger partial charge in [-0.05, 0) is 57.2 Å². The molecule has 0 unspecified atom stereocenters. The number of carbonyl (C=O) groups is 1. The van der Waals surface area contributed by atoms with Crippen LogP contribution in [0.2, 0.25) is 0 Å². The molecular weight excluding hydrogens is 330 g/mol. The average Bonchev–Trinajstić information content (AvgIpc) is 3.22. The largest absolute Gasteiger partial charge is 0.319 e. The quantitative estimate of drug-likeness (QED) is 0.761. The zero-order valence-corrected chi connectivity index (χ0v) is 15.7. The van der Waals surface area contributed by atoms with E-state index in [-0.39, 0.29) is 11.9 Å². The number of tetrazole rings is 1. The fraction of sp³-hybridized carbons (Fsp3) is 0.389. The first-order chi connectivity index (χ1) is 12.4. The molecule has 0 aliphatic carbocycles. The van der Waals surface area contributed by atoms with Gasteiger partial charge in [0.25, 0.3) is 5.91 Å². The minimum atomic E-state index is -0.183. The van der Waals surface area contributed by atoms with E-state index in [0.29, 0.717) is 11.4 Å². The first-order valence-corrected chi connectivity index (χ1v) is 8.66. The number of benzene rings is 1. The topological polar surface area (TPSA) is 90.5 Å². The number of hydrogen-bond acceptors (Lipinski definition) is 5. The Morgan fingerprint density at radius 2 is 2.04 bits per heavy atom. The van der Waals surface area contributed by atoms with Gasteiger partial charge in [0, 0.05) is 17.7 Å². The summed E-state index contributed by atoms with van der Waals surface area (Å²) in [6, 6.07) is 7.43. The van der Waals surface area contributed by atoms with Crippen LogP contribution >= 0.6 is 0 Å². The zero-order valence-electron chi connectivity index (χ0n) is 15.7. The fourth-order valence-electron chi connectivity index (χ4n) is 2.90. The molecule has 26 heavy (non-hydrogen) atoms. The molecule has 0 saturated carbocycles. The van der Waals surface area contributed by atoms with Crippen LogP contribution in [0.25, 0.3) is 11.4 Å². The molecular formula is C18H23N7O. The van der Waals surface area contributed by atoms with Crippen molar-refractivity contribution in [3.8, 4) is 11.4 Å². The highest BCUT2D eigenvalue weighted by molar-refractivity contribution is 6.05. The summed E-state index contributed by atoms with van der Waals surface area (Å²) < 4.78 is 3.61. The Balaban J connectivity index is 1.90. The van der Waals surface area contributed by atoms with Crippen LogP contribution in [-0.2, 0) is 6.54 Å². The standard InChI is InChI=1S/C18H23N7O/c1-6-24-13(5)16(12(4)21-24)19-18(26)15-9-7-8-14(10-15)17-20-22-23-25(17)11(2)3/h7-11H,6H2,1-5H3,(H,19,26). The van der Waals surface area contributed by atoms with Gasteiger partial charge < -0.3 is 5.32 Å². The molecule has 0 aliphatic heterocycles. The SMILES string of the molecule is CCn1nc(C)c(NC(=O)c2cccc(-c3nnnn3C(C)C)c2)c1C. The van der Waals surface area contributed by atoms with E-state index in [2.05, 4.69) is 25.9 Å². The van der Waals surface area contributed by atoms with Gasteiger partial charge in [-0.15, -0.1) is 5.10 Å². The Bertz CT molecular complexity index is 939.